The summed E-state index contributed by atoms with van der Waals surface area (Å²) in [7, 11) is 2.48. The van der Waals surface area contributed by atoms with Gasteiger partial charge in [0.25, 0.3) is 5.91 Å². The zero-order valence-corrected chi connectivity index (χ0v) is 17.3. The third kappa shape index (κ3) is 3.86. The lowest BCUT2D eigenvalue weighted by Gasteiger charge is -2.13. The van der Waals surface area contributed by atoms with Gasteiger partial charge in [-0.2, -0.15) is 5.10 Å². The molecule has 2 aromatic heterocycles. The van der Waals surface area contributed by atoms with Crippen LogP contribution in [0.2, 0.25) is 0 Å². The number of ether oxygens (including phenoxy) is 2. The number of rotatable bonds is 5. The fraction of sp³-hybridized carbons (Fsp3) is 0.286. The molecule has 30 heavy (non-hydrogen) atoms. The monoisotopic (exact) mass is 410 g/mol. The number of carbonyl (C=O) groups excluding carboxylic acids is 3. The lowest BCUT2D eigenvalue weighted by Crippen LogP contribution is -2.18. The van der Waals surface area contributed by atoms with Crippen LogP contribution in [-0.4, -0.2) is 46.8 Å². The van der Waals surface area contributed by atoms with Crippen molar-refractivity contribution in [2.24, 2.45) is 0 Å². The zero-order valence-electron chi connectivity index (χ0n) is 17.3. The number of amides is 1. The Hall–Kier alpha value is -3.75. The number of nitrogens with zero attached hydrogens (tertiary/aromatic N) is 3. The second-order valence-electron chi connectivity index (χ2n) is 6.91. The van der Waals surface area contributed by atoms with E-state index in [9.17, 15) is 14.4 Å². The number of nitrogens with one attached hydrogen (secondary N) is 1. The number of pyridine rings is 1. The van der Waals surface area contributed by atoms with Gasteiger partial charge in [0.1, 0.15) is 0 Å². The van der Waals surface area contributed by atoms with E-state index >= 15 is 0 Å². The number of hydrogen-bond donors (Lipinski definition) is 1. The molecule has 0 saturated carbocycles. The molecule has 156 valence electrons. The van der Waals surface area contributed by atoms with Crippen molar-refractivity contribution < 1.29 is 23.9 Å². The summed E-state index contributed by atoms with van der Waals surface area (Å²) in [5, 5.41) is 7.72. The molecule has 9 nitrogen and oxygen atoms in total. The average Bonchev–Trinajstić information content (AvgIpc) is 3.14. The molecule has 2 heterocycles. The molecule has 0 bridgehead atoms. The maximum Gasteiger partial charge on any atom is 0.339 e. The molecule has 0 atom stereocenters. The highest BCUT2D eigenvalue weighted by Gasteiger charge is 2.20. The van der Waals surface area contributed by atoms with E-state index < -0.39 is 17.8 Å². The molecule has 3 aromatic rings. The number of aromatic nitrogens is 3. The largest absolute Gasteiger partial charge is 0.465 e. The van der Waals surface area contributed by atoms with Crippen LogP contribution in [0.4, 0.5) is 5.69 Å². The van der Waals surface area contributed by atoms with Gasteiger partial charge in [-0.15, -0.1) is 0 Å². The number of aryl methyl sites for hydroxylation is 1. The first kappa shape index (κ1) is 21.0. The molecular formula is C21H22N4O5. The number of carbonyl (C=O) groups is 3. The third-order valence-corrected chi connectivity index (χ3v) is 4.59. The second-order valence-corrected chi connectivity index (χ2v) is 6.91. The van der Waals surface area contributed by atoms with Gasteiger partial charge in [0.15, 0.2) is 5.65 Å². The van der Waals surface area contributed by atoms with Crippen molar-refractivity contribution in [2.45, 2.75) is 26.8 Å². The molecule has 0 fully saturated rings. The van der Waals surface area contributed by atoms with Gasteiger partial charge in [-0.3, -0.25) is 4.79 Å². The first-order valence-corrected chi connectivity index (χ1v) is 9.23. The van der Waals surface area contributed by atoms with E-state index in [1.807, 2.05) is 13.8 Å². The summed E-state index contributed by atoms with van der Waals surface area (Å²) >= 11 is 0. The summed E-state index contributed by atoms with van der Waals surface area (Å²) in [4.78, 5) is 41.5. The molecule has 0 aliphatic rings. The van der Waals surface area contributed by atoms with Gasteiger partial charge < -0.3 is 14.8 Å². The molecule has 1 aromatic carbocycles. The predicted molar refractivity (Wildman–Crippen MR) is 110 cm³/mol. The van der Waals surface area contributed by atoms with Crippen LogP contribution < -0.4 is 5.32 Å². The number of esters is 2. The summed E-state index contributed by atoms with van der Waals surface area (Å²) in [6.07, 6.45) is 1.65. The second kappa shape index (κ2) is 8.32. The first-order chi connectivity index (χ1) is 14.3. The highest BCUT2D eigenvalue weighted by molar-refractivity contribution is 6.10. The van der Waals surface area contributed by atoms with Crippen molar-refractivity contribution in [3.63, 3.8) is 0 Å². The Morgan fingerprint density at radius 1 is 1.03 bits per heavy atom. The van der Waals surface area contributed by atoms with E-state index in [-0.39, 0.29) is 22.9 Å². The lowest BCUT2D eigenvalue weighted by atomic mass is 10.1. The molecule has 0 saturated heterocycles. The van der Waals surface area contributed by atoms with Crippen molar-refractivity contribution >= 4 is 34.6 Å². The smallest absolute Gasteiger partial charge is 0.339 e. The number of anilines is 1. The van der Waals surface area contributed by atoms with Crippen LogP contribution in [-0.2, 0) is 9.47 Å². The Balaban J connectivity index is 2.01. The van der Waals surface area contributed by atoms with Gasteiger partial charge in [-0.25, -0.2) is 19.3 Å². The number of methoxy groups -OCH3 is 2. The van der Waals surface area contributed by atoms with Crippen LogP contribution in [0, 0.1) is 6.92 Å². The molecule has 0 aliphatic carbocycles. The Morgan fingerprint density at radius 2 is 1.73 bits per heavy atom. The molecule has 1 N–H and O–H groups in total. The van der Waals surface area contributed by atoms with Gasteiger partial charge in [-0.1, -0.05) is 0 Å². The fourth-order valence-corrected chi connectivity index (χ4v) is 3.04. The standard InChI is InChI=1S/C21H22N4O5/c1-11(2)25-18-14(10-22-25)8-16(12(3)23-18)19(26)24-17-9-13(20(27)29-4)6-7-15(17)21(28)30-5/h6-11H,1-5H3,(H,24,26). The molecule has 0 radical (unpaired) electrons. The third-order valence-electron chi connectivity index (χ3n) is 4.59. The molecule has 0 spiro atoms. The molecule has 3 rings (SSSR count). The fourth-order valence-electron chi connectivity index (χ4n) is 3.04. The van der Waals surface area contributed by atoms with E-state index in [1.165, 1.54) is 32.4 Å². The van der Waals surface area contributed by atoms with Gasteiger partial charge in [0.2, 0.25) is 0 Å². The maximum atomic E-state index is 13.0. The minimum absolute atomic E-state index is 0.109. The van der Waals surface area contributed by atoms with Gasteiger partial charge in [0, 0.05) is 11.4 Å². The number of hydrogen-bond acceptors (Lipinski definition) is 7. The Labute approximate surface area is 173 Å². The molecule has 1 amide bonds. The average molecular weight is 410 g/mol. The Kier molecular flexibility index (Phi) is 5.81. The summed E-state index contributed by atoms with van der Waals surface area (Å²) < 4.78 is 11.3. The van der Waals surface area contributed by atoms with E-state index in [2.05, 4.69) is 15.4 Å². The number of fused-ring (bicyclic) bond motifs is 1. The SMILES string of the molecule is COC(=O)c1ccc(C(=O)OC)c(NC(=O)c2cc3cnn(C(C)C)c3nc2C)c1. The Bertz CT molecular complexity index is 1150. The summed E-state index contributed by atoms with van der Waals surface area (Å²) in [6, 6.07) is 6.01. The van der Waals surface area contributed by atoms with Crippen molar-refractivity contribution in [3.05, 3.63) is 52.8 Å². The summed E-state index contributed by atoms with van der Waals surface area (Å²) in [5.74, 6) is -1.72. The quantitative estimate of drug-likeness (QED) is 0.643. The van der Waals surface area contributed by atoms with Crippen LogP contribution >= 0.6 is 0 Å². The van der Waals surface area contributed by atoms with Crippen molar-refractivity contribution in [3.8, 4) is 0 Å². The van der Waals surface area contributed by atoms with E-state index in [4.69, 9.17) is 9.47 Å². The normalized spacial score (nSPS) is 10.9. The van der Waals surface area contributed by atoms with Crippen LogP contribution in [0.3, 0.4) is 0 Å². The zero-order chi connectivity index (χ0) is 22.0. The van der Waals surface area contributed by atoms with Crippen LogP contribution in [0.1, 0.15) is 56.7 Å². The number of benzene rings is 1. The highest BCUT2D eigenvalue weighted by atomic mass is 16.5. The van der Waals surface area contributed by atoms with Crippen molar-refractivity contribution in [1.29, 1.82) is 0 Å². The maximum absolute atomic E-state index is 13.0. The first-order valence-electron chi connectivity index (χ1n) is 9.23. The summed E-state index contributed by atoms with van der Waals surface area (Å²) in [6.45, 7) is 5.71. The highest BCUT2D eigenvalue weighted by Crippen LogP contribution is 2.23. The van der Waals surface area contributed by atoms with Crippen LogP contribution in [0.15, 0.2) is 30.5 Å². The molecule has 9 heteroatoms. The van der Waals surface area contributed by atoms with Gasteiger partial charge in [-0.05, 0) is 45.0 Å². The molecule has 0 aliphatic heterocycles. The molecular weight excluding hydrogens is 388 g/mol. The van der Waals surface area contributed by atoms with Gasteiger partial charge in [0.05, 0.1) is 48.5 Å². The van der Waals surface area contributed by atoms with Crippen LogP contribution in [0.25, 0.3) is 11.0 Å². The van der Waals surface area contributed by atoms with E-state index in [0.29, 0.717) is 16.9 Å². The van der Waals surface area contributed by atoms with Crippen LogP contribution in [0.5, 0.6) is 0 Å². The summed E-state index contributed by atoms with van der Waals surface area (Å²) in [5.41, 5.74) is 1.94. The minimum atomic E-state index is -0.648. The van der Waals surface area contributed by atoms with Crippen molar-refractivity contribution in [2.75, 3.05) is 19.5 Å². The molecule has 0 unspecified atom stereocenters. The lowest BCUT2D eigenvalue weighted by molar-refractivity contribution is 0.0587. The minimum Gasteiger partial charge on any atom is -0.465 e. The van der Waals surface area contributed by atoms with Gasteiger partial charge >= 0.3 is 11.9 Å². The van der Waals surface area contributed by atoms with E-state index in [0.717, 1.165) is 5.39 Å². The Morgan fingerprint density at radius 3 is 2.37 bits per heavy atom. The van der Waals surface area contributed by atoms with E-state index in [1.54, 1.807) is 23.9 Å². The predicted octanol–water partition coefficient (Wildman–Crippen LogP) is 3.15. The van der Waals surface area contributed by atoms with Crippen molar-refractivity contribution in [1.82, 2.24) is 14.8 Å². The topological polar surface area (TPSA) is 112 Å².